The summed E-state index contributed by atoms with van der Waals surface area (Å²) in [6, 6.07) is 8.40. The minimum Gasteiger partial charge on any atom is -0.347 e. The molecule has 3 heterocycles. The second kappa shape index (κ2) is 7.62. The van der Waals surface area contributed by atoms with E-state index in [9.17, 15) is 4.79 Å². The molecule has 24 heavy (non-hydrogen) atoms. The molecule has 1 amide bonds. The van der Waals surface area contributed by atoms with Crippen molar-refractivity contribution < 1.29 is 4.79 Å². The first-order valence-corrected chi connectivity index (χ1v) is 8.72. The number of hydrogen-bond acceptors (Lipinski definition) is 3. The maximum Gasteiger partial charge on any atom is 0.268 e. The van der Waals surface area contributed by atoms with Crippen LogP contribution in [0.4, 0.5) is 0 Å². The molecule has 0 aliphatic carbocycles. The monoisotopic (exact) mass is 326 g/mol. The Morgan fingerprint density at radius 1 is 1.38 bits per heavy atom. The van der Waals surface area contributed by atoms with E-state index < -0.39 is 0 Å². The molecule has 1 aliphatic rings. The first kappa shape index (κ1) is 16.7. The number of piperidine rings is 1. The van der Waals surface area contributed by atoms with Gasteiger partial charge in [0, 0.05) is 43.8 Å². The summed E-state index contributed by atoms with van der Waals surface area (Å²) in [5.41, 5.74) is 1.97. The molecule has 0 saturated carbocycles. The molecule has 128 valence electrons. The Hall–Kier alpha value is -2.14. The zero-order valence-electron chi connectivity index (χ0n) is 14.5. The van der Waals surface area contributed by atoms with Crippen molar-refractivity contribution in [3.8, 4) is 0 Å². The van der Waals surface area contributed by atoms with E-state index >= 15 is 0 Å². The van der Waals surface area contributed by atoms with Gasteiger partial charge in [0.25, 0.3) is 5.91 Å². The zero-order valence-corrected chi connectivity index (χ0v) is 14.5. The Morgan fingerprint density at radius 3 is 3.00 bits per heavy atom. The molecule has 2 aromatic rings. The number of amides is 1. The van der Waals surface area contributed by atoms with Crippen molar-refractivity contribution >= 4 is 5.91 Å². The fraction of sp³-hybridized carbons (Fsp3) is 0.474. The van der Waals surface area contributed by atoms with Crippen molar-refractivity contribution in [3.05, 3.63) is 54.1 Å². The van der Waals surface area contributed by atoms with Crippen LogP contribution in [0.2, 0.25) is 0 Å². The van der Waals surface area contributed by atoms with E-state index in [0.29, 0.717) is 0 Å². The average molecular weight is 326 g/mol. The predicted molar refractivity (Wildman–Crippen MR) is 94.8 cm³/mol. The molecule has 0 aromatic carbocycles. The highest BCUT2D eigenvalue weighted by molar-refractivity contribution is 5.93. The molecule has 5 heteroatoms. The largest absolute Gasteiger partial charge is 0.347 e. The lowest BCUT2D eigenvalue weighted by Crippen LogP contribution is -2.47. The van der Waals surface area contributed by atoms with Gasteiger partial charge in [-0.15, -0.1) is 0 Å². The van der Waals surface area contributed by atoms with Gasteiger partial charge in [0.1, 0.15) is 5.69 Å². The Kier molecular flexibility index (Phi) is 5.30. The summed E-state index contributed by atoms with van der Waals surface area (Å²) < 4.78 is 2.02. The number of rotatable bonds is 5. The second-order valence-electron chi connectivity index (χ2n) is 6.80. The molecule has 1 saturated heterocycles. The molecule has 1 unspecified atom stereocenters. The van der Waals surface area contributed by atoms with E-state index in [1.807, 2.05) is 35.2 Å². The summed E-state index contributed by atoms with van der Waals surface area (Å²) in [5, 5.41) is 3.22. The third-order valence-electron chi connectivity index (χ3n) is 4.54. The molecule has 5 nitrogen and oxygen atoms in total. The van der Waals surface area contributed by atoms with Crippen molar-refractivity contribution in [2.24, 2.45) is 0 Å². The lowest BCUT2D eigenvalue weighted by molar-refractivity contribution is 0.0890. The van der Waals surface area contributed by atoms with E-state index in [1.165, 1.54) is 5.56 Å². The SMILES string of the molecule is CC(C)n1cccc1C(=O)NC1CCCN(Cc2cccnc2)C1. The smallest absolute Gasteiger partial charge is 0.268 e. The van der Waals surface area contributed by atoms with Crippen molar-refractivity contribution in [2.45, 2.75) is 45.3 Å². The van der Waals surface area contributed by atoms with E-state index in [2.05, 4.69) is 35.1 Å². The minimum absolute atomic E-state index is 0.0296. The van der Waals surface area contributed by atoms with Gasteiger partial charge in [-0.2, -0.15) is 0 Å². The number of nitrogens with one attached hydrogen (secondary N) is 1. The Labute approximate surface area is 143 Å². The normalized spacial score (nSPS) is 18.7. The molecule has 1 N–H and O–H groups in total. The number of hydrogen-bond donors (Lipinski definition) is 1. The summed E-state index contributed by atoms with van der Waals surface area (Å²) in [7, 11) is 0. The van der Waals surface area contributed by atoms with Crippen LogP contribution in [-0.2, 0) is 6.54 Å². The highest BCUT2D eigenvalue weighted by Gasteiger charge is 2.23. The van der Waals surface area contributed by atoms with Crippen LogP contribution >= 0.6 is 0 Å². The molecular weight excluding hydrogens is 300 g/mol. The van der Waals surface area contributed by atoms with Crippen LogP contribution in [0.15, 0.2) is 42.9 Å². The van der Waals surface area contributed by atoms with Crippen molar-refractivity contribution in [1.82, 2.24) is 19.8 Å². The van der Waals surface area contributed by atoms with E-state index in [-0.39, 0.29) is 18.0 Å². The summed E-state index contributed by atoms with van der Waals surface area (Å²) in [4.78, 5) is 19.2. The van der Waals surface area contributed by atoms with Crippen LogP contribution in [0.5, 0.6) is 0 Å². The fourth-order valence-corrected chi connectivity index (χ4v) is 3.36. The summed E-state index contributed by atoms with van der Waals surface area (Å²) in [5.74, 6) is 0.0296. The maximum atomic E-state index is 12.6. The average Bonchev–Trinajstić information content (AvgIpc) is 3.06. The summed E-state index contributed by atoms with van der Waals surface area (Å²) >= 11 is 0. The molecule has 3 rings (SSSR count). The third kappa shape index (κ3) is 4.03. The number of pyridine rings is 1. The highest BCUT2D eigenvalue weighted by atomic mass is 16.2. The van der Waals surface area contributed by atoms with Crippen LogP contribution in [0.25, 0.3) is 0 Å². The minimum atomic E-state index is 0.0296. The van der Waals surface area contributed by atoms with E-state index in [4.69, 9.17) is 0 Å². The molecule has 2 aromatic heterocycles. The van der Waals surface area contributed by atoms with Gasteiger partial charge in [0.05, 0.1) is 0 Å². The quantitative estimate of drug-likeness (QED) is 0.919. The Morgan fingerprint density at radius 2 is 2.25 bits per heavy atom. The predicted octanol–water partition coefficient (Wildman–Crippen LogP) is 2.86. The van der Waals surface area contributed by atoms with E-state index in [0.717, 1.165) is 38.2 Å². The second-order valence-corrected chi connectivity index (χ2v) is 6.80. The first-order valence-electron chi connectivity index (χ1n) is 8.72. The van der Waals surface area contributed by atoms with Crippen molar-refractivity contribution in [1.29, 1.82) is 0 Å². The topological polar surface area (TPSA) is 50.2 Å². The number of aromatic nitrogens is 2. The molecule has 0 radical (unpaired) electrons. The van der Waals surface area contributed by atoms with Crippen LogP contribution in [0.3, 0.4) is 0 Å². The van der Waals surface area contributed by atoms with Gasteiger partial charge in [0.15, 0.2) is 0 Å². The van der Waals surface area contributed by atoms with Crippen LogP contribution in [-0.4, -0.2) is 39.5 Å². The Balaban J connectivity index is 1.59. The lowest BCUT2D eigenvalue weighted by atomic mass is 10.0. The van der Waals surface area contributed by atoms with Crippen molar-refractivity contribution in [2.75, 3.05) is 13.1 Å². The van der Waals surface area contributed by atoms with Crippen LogP contribution in [0.1, 0.15) is 48.8 Å². The molecule has 0 spiro atoms. The Bertz CT molecular complexity index is 665. The number of carbonyl (C=O) groups is 1. The molecule has 1 fully saturated rings. The third-order valence-corrected chi connectivity index (χ3v) is 4.54. The van der Waals surface area contributed by atoms with Gasteiger partial charge in [-0.3, -0.25) is 14.7 Å². The van der Waals surface area contributed by atoms with Gasteiger partial charge < -0.3 is 9.88 Å². The van der Waals surface area contributed by atoms with Gasteiger partial charge in [-0.1, -0.05) is 6.07 Å². The van der Waals surface area contributed by atoms with Gasteiger partial charge in [-0.25, -0.2) is 0 Å². The number of carbonyl (C=O) groups excluding carboxylic acids is 1. The van der Waals surface area contributed by atoms with Gasteiger partial charge in [-0.05, 0) is 57.0 Å². The molecule has 1 atom stereocenters. The summed E-state index contributed by atoms with van der Waals surface area (Å²) in [6.07, 6.45) is 7.83. The summed E-state index contributed by atoms with van der Waals surface area (Å²) in [6.45, 7) is 7.04. The molecule has 1 aliphatic heterocycles. The maximum absolute atomic E-state index is 12.6. The lowest BCUT2D eigenvalue weighted by Gasteiger charge is -2.33. The first-order chi connectivity index (χ1) is 11.6. The number of likely N-dealkylation sites (tertiary alicyclic amines) is 1. The fourth-order valence-electron chi connectivity index (χ4n) is 3.36. The van der Waals surface area contributed by atoms with E-state index in [1.54, 1.807) is 6.20 Å². The van der Waals surface area contributed by atoms with Crippen molar-refractivity contribution in [3.63, 3.8) is 0 Å². The number of nitrogens with zero attached hydrogens (tertiary/aromatic N) is 3. The standard InChI is InChI=1S/C19H26N4O/c1-15(2)23-11-5-8-18(23)19(24)21-17-7-4-10-22(14-17)13-16-6-3-9-20-12-16/h3,5-6,8-9,11-12,15,17H,4,7,10,13-14H2,1-2H3,(H,21,24). The van der Waals surface area contributed by atoms with Gasteiger partial charge in [0.2, 0.25) is 0 Å². The highest BCUT2D eigenvalue weighted by Crippen LogP contribution is 2.15. The zero-order chi connectivity index (χ0) is 16.9. The van der Waals surface area contributed by atoms with Crippen LogP contribution in [0, 0.1) is 0 Å². The van der Waals surface area contributed by atoms with Crippen LogP contribution < -0.4 is 5.32 Å². The van der Waals surface area contributed by atoms with Gasteiger partial charge >= 0.3 is 0 Å². The molecule has 0 bridgehead atoms. The molecular formula is C19H26N4O.